The SMILES string of the molecule is CCOc1ccccc1C(N)CS(=O)(=O)CC1CCCC1. The standard InChI is InChI=1S/C16H25NO3S/c1-2-20-16-10-6-5-9-14(16)15(17)12-21(18,19)11-13-7-3-4-8-13/h5-6,9-10,13,15H,2-4,7-8,11-12,17H2,1H3. The fourth-order valence-electron chi connectivity index (χ4n) is 3.04. The van der Waals surface area contributed by atoms with Gasteiger partial charge in [-0.05, 0) is 31.7 Å². The molecule has 0 aromatic heterocycles. The zero-order valence-electron chi connectivity index (χ0n) is 12.6. The number of ether oxygens (including phenoxy) is 1. The number of benzene rings is 1. The van der Waals surface area contributed by atoms with Crippen LogP contribution in [0.1, 0.15) is 44.2 Å². The van der Waals surface area contributed by atoms with Gasteiger partial charge in [0, 0.05) is 11.6 Å². The molecular weight excluding hydrogens is 286 g/mol. The van der Waals surface area contributed by atoms with Crippen molar-refractivity contribution in [3.63, 3.8) is 0 Å². The molecule has 1 aromatic rings. The number of hydrogen-bond acceptors (Lipinski definition) is 4. The van der Waals surface area contributed by atoms with Crippen LogP contribution >= 0.6 is 0 Å². The van der Waals surface area contributed by atoms with E-state index in [2.05, 4.69) is 0 Å². The lowest BCUT2D eigenvalue weighted by Crippen LogP contribution is -2.26. The van der Waals surface area contributed by atoms with Crippen molar-refractivity contribution in [1.82, 2.24) is 0 Å². The van der Waals surface area contributed by atoms with Crippen LogP contribution in [0.2, 0.25) is 0 Å². The van der Waals surface area contributed by atoms with Crippen LogP contribution in [0, 0.1) is 5.92 Å². The first kappa shape index (κ1) is 16.3. The summed E-state index contributed by atoms with van der Waals surface area (Å²) >= 11 is 0. The molecule has 0 radical (unpaired) electrons. The maximum absolute atomic E-state index is 12.3. The van der Waals surface area contributed by atoms with Crippen molar-refractivity contribution < 1.29 is 13.2 Å². The van der Waals surface area contributed by atoms with E-state index in [1.54, 1.807) is 0 Å². The van der Waals surface area contributed by atoms with Gasteiger partial charge in [-0.15, -0.1) is 0 Å². The third-order valence-corrected chi connectivity index (χ3v) is 5.86. The maximum atomic E-state index is 12.3. The molecule has 0 bridgehead atoms. The van der Waals surface area contributed by atoms with Gasteiger partial charge in [-0.2, -0.15) is 0 Å². The first-order valence-electron chi connectivity index (χ1n) is 7.69. The van der Waals surface area contributed by atoms with Crippen LogP contribution in [-0.4, -0.2) is 26.5 Å². The summed E-state index contributed by atoms with van der Waals surface area (Å²) < 4.78 is 30.2. The van der Waals surface area contributed by atoms with Gasteiger partial charge in [0.15, 0.2) is 9.84 Å². The van der Waals surface area contributed by atoms with Gasteiger partial charge in [0.1, 0.15) is 5.75 Å². The molecule has 0 amide bonds. The van der Waals surface area contributed by atoms with Crippen LogP contribution in [0.25, 0.3) is 0 Å². The van der Waals surface area contributed by atoms with Gasteiger partial charge >= 0.3 is 0 Å². The summed E-state index contributed by atoms with van der Waals surface area (Å²) in [6.07, 6.45) is 4.37. The smallest absolute Gasteiger partial charge is 0.152 e. The quantitative estimate of drug-likeness (QED) is 0.840. The molecule has 1 fully saturated rings. The summed E-state index contributed by atoms with van der Waals surface area (Å²) in [4.78, 5) is 0. The van der Waals surface area contributed by atoms with Crippen molar-refractivity contribution >= 4 is 9.84 Å². The zero-order chi connectivity index (χ0) is 15.3. The summed E-state index contributed by atoms with van der Waals surface area (Å²) in [5.74, 6) is 1.28. The molecule has 0 heterocycles. The minimum atomic E-state index is -3.12. The fourth-order valence-corrected chi connectivity index (χ4v) is 4.96. The Morgan fingerprint density at radius 3 is 2.62 bits per heavy atom. The van der Waals surface area contributed by atoms with E-state index in [0.717, 1.165) is 31.2 Å². The second-order valence-corrected chi connectivity index (χ2v) is 7.96. The zero-order valence-corrected chi connectivity index (χ0v) is 13.4. The molecule has 1 saturated carbocycles. The van der Waals surface area contributed by atoms with E-state index in [0.29, 0.717) is 18.3 Å². The highest BCUT2D eigenvalue weighted by Gasteiger charge is 2.25. The summed E-state index contributed by atoms with van der Waals surface area (Å²) in [6.45, 7) is 2.44. The van der Waals surface area contributed by atoms with Crippen LogP contribution in [0.5, 0.6) is 5.75 Å². The van der Waals surface area contributed by atoms with E-state index in [4.69, 9.17) is 10.5 Å². The second-order valence-electron chi connectivity index (χ2n) is 5.80. The Morgan fingerprint density at radius 1 is 1.29 bits per heavy atom. The Bertz CT molecular complexity index is 550. The average molecular weight is 311 g/mol. The van der Waals surface area contributed by atoms with Gasteiger partial charge in [0.05, 0.1) is 18.1 Å². The van der Waals surface area contributed by atoms with E-state index in [9.17, 15) is 8.42 Å². The molecule has 1 atom stereocenters. The molecule has 4 nitrogen and oxygen atoms in total. The van der Waals surface area contributed by atoms with Gasteiger partial charge in [0.2, 0.25) is 0 Å². The molecular formula is C16H25NO3S. The van der Waals surface area contributed by atoms with Crippen molar-refractivity contribution in [2.45, 2.75) is 38.6 Å². The molecule has 0 aliphatic heterocycles. The molecule has 2 N–H and O–H groups in total. The first-order chi connectivity index (χ1) is 10.0. The van der Waals surface area contributed by atoms with E-state index in [1.165, 1.54) is 0 Å². The summed E-state index contributed by atoms with van der Waals surface area (Å²) in [7, 11) is -3.12. The van der Waals surface area contributed by atoms with E-state index >= 15 is 0 Å². The predicted molar refractivity (Wildman–Crippen MR) is 85.2 cm³/mol. The van der Waals surface area contributed by atoms with Crippen molar-refractivity contribution in [2.24, 2.45) is 11.7 Å². The summed E-state index contributed by atoms with van der Waals surface area (Å²) in [5, 5.41) is 0. The molecule has 118 valence electrons. The van der Waals surface area contributed by atoms with Crippen LogP contribution in [0.15, 0.2) is 24.3 Å². The van der Waals surface area contributed by atoms with Crippen molar-refractivity contribution in [3.05, 3.63) is 29.8 Å². The fraction of sp³-hybridized carbons (Fsp3) is 0.625. The van der Waals surface area contributed by atoms with Crippen LogP contribution < -0.4 is 10.5 Å². The Morgan fingerprint density at radius 2 is 1.95 bits per heavy atom. The van der Waals surface area contributed by atoms with Crippen LogP contribution in [0.4, 0.5) is 0 Å². The molecule has 21 heavy (non-hydrogen) atoms. The van der Waals surface area contributed by atoms with Gasteiger partial charge in [-0.25, -0.2) is 8.42 Å². The number of nitrogens with two attached hydrogens (primary N) is 1. The topological polar surface area (TPSA) is 69.4 Å². The monoisotopic (exact) mass is 311 g/mol. The van der Waals surface area contributed by atoms with Gasteiger partial charge in [-0.3, -0.25) is 0 Å². The minimum Gasteiger partial charge on any atom is -0.494 e. The largest absolute Gasteiger partial charge is 0.494 e. The lowest BCUT2D eigenvalue weighted by molar-refractivity contribution is 0.335. The Balaban J connectivity index is 2.04. The highest BCUT2D eigenvalue weighted by Crippen LogP contribution is 2.28. The molecule has 1 aromatic carbocycles. The average Bonchev–Trinajstić information content (AvgIpc) is 2.91. The van der Waals surface area contributed by atoms with E-state index < -0.39 is 15.9 Å². The lowest BCUT2D eigenvalue weighted by atomic mass is 10.1. The summed E-state index contributed by atoms with van der Waals surface area (Å²) in [6, 6.07) is 6.89. The molecule has 0 saturated heterocycles. The maximum Gasteiger partial charge on any atom is 0.152 e. The normalized spacial score (nSPS) is 17.8. The minimum absolute atomic E-state index is 0.00636. The molecule has 1 aliphatic carbocycles. The number of hydrogen-bond donors (Lipinski definition) is 1. The van der Waals surface area contributed by atoms with Crippen molar-refractivity contribution in [1.29, 1.82) is 0 Å². The Labute approximate surface area is 127 Å². The molecule has 1 unspecified atom stereocenters. The highest BCUT2D eigenvalue weighted by atomic mass is 32.2. The molecule has 5 heteroatoms. The van der Waals surface area contributed by atoms with E-state index in [-0.39, 0.29) is 11.5 Å². The van der Waals surface area contributed by atoms with E-state index in [1.807, 2.05) is 31.2 Å². The van der Waals surface area contributed by atoms with Crippen molar-refractivity contribution in [3.8, 4) is 5.75 Å². The van der Waals surface area contributed by atoms with Crippen LogP contribution in [-0.2, 0) is 9.84 Å². The van der Waals surface area contributed by atoms with Gasteiger partial charge < -0.3 is 10.5 Å². The van der Waals surface area contributed by atoms with Crippen molar-refractivity contribution in [2.75, 3.05) is 18.1 Å². The number of rotatable bonds is 7. The number of sulfone groups is 1. The Kier molecular flexibility index (Phi) is 5.65. The first-order valence-corrected chi connectivity index (χ1v) is 9.51. The second kappa shape index (κ2) is 7.27. The molecule has 0 spiro atoms. The van der Waals surface area contributed by atoms with Gasteiger partial charge in [0.25, 0.3) is 0 Å². The van der Waals surface area contributed by atoms with Gasteiger partial charge in [-0.1, -0.05) is 31.0 Å². The predicted octanol–water partition coefficient (Wildman–Crippen LogP) is 2.69. The Hall–Kier alpha value is -1.07. The third-order valence-electron chi connectivity index (χ3n) is 4.02. The third kappa shape index (κ3) is 4.71. The lowest BCUT2D eigenvalue weighted by Gasteiger charge is -2.17. The van der Waals surface area contributed by atoms with Crippen LogP contribution in [0.3, 0.4) is 0 Å². The number of para-hydroxylation sites is 1. The highest BCUT2D eigenvalue weighted by molar-refractivity contribution is 7.91. The molecule has 2 rings (SSSR count). The molecule has 1 aliphatic rings. The summed E-state index contributed by atoms with van der Waals surface area (Å²) in [5.41, 5.74) is 6.90.